The molecule has 1 aliphatic rings. The zero-order valence-corrected chi connectivity index (χ0v) is 13.3. The van der Waals surface area contributed by atoms with Crippen LogP contribution in [0.2, 0.25) is 0 Å². The second-order valence-electron chi connectivity index (χ2n) is 5.49. The second kappa shape index (κ2) is 6.67. The summed E-state index contributed by atoms with van der Waals surface area (Å²) in [6.45, 7) is 1.71. The summed E-state index contributed by atoms with van der Waals surface area (Å²) in [4.78, 5) is 8.11. The molecule has 1 fully saturated rings. The molecule has 2 rings (SSSR count). The molecule has 1 saturated carbocycles. The number of rotatable bonds is 5. The number of aromatic nitrogens is 2. The van der Waals surface area contributed by atoms with Crippen LogP contribution in [0.25, 0.3) is 0 Å². The van der Waals surface area contributed by atoms with Crippen LogP contribution < -0.4 is 10.5 Å². The molecule has 1 heterocycles. The van der Waals surface area contributed by atoms with Crippen molar-refractivity contribution in [3.8, 4) is 0 Å². The maximum Gasteiger partial charge on any atom is 0.280 e. The number of anilines is 1. The predicted molar refractivity (Wildman–Crippen MR) is 81.6 cm³/mol. The molecule has 8 heteroatoms. The van der Waals surface area contributed by atoms with Crippen molar-refractivity contribution in [2.24, 2.45) is 0 Å². The molecule has 0 aliphatic heterocycles. The van der Waals surface area contributed by atoms with Gasteiger partial charge in [-0.3, -0.25) is 0 Å². The van der Waals surface area contributed by atoms with Gasteiger partial charge in [0.15, 0.2) is 0 Å². The number of nitrogens with two attached hydrogens (primary N) is 1. The number of nitrogen functional groups attached to an aromatic ring is 1. The molecule has 1 aliphatic carbocycles. The smallest absolute Gasteiger partial charge is 0.280 e. The molecule has 0 amide bonds. The van der Waals surface area contributed by atoms with Gasteiger partial charge < -0.3 is 5.73 Å². The lowest BCUT2D eigenvalue weighted by Gasteiger charge is -2.31. The van der Waals surface area contributed by atoms with E-state index in [4.69, 9.17) is 5.73 Å². The Labute approximate surface area is 126 Å². The number of hydrogen-bond acceptors (Lipinski definition) is 5. The van der Waals surface area contributed by atoms with Crippen LogP contribution in [0, 0.1) is 0 Å². The quantitative estimate of drug-likeness (QED) is 0.851. The third-order valence-corrected chi connectivity index (χ3v) is 5.58. The van der Waals surface area contributed by atoms with E-state index >= 15 is 0 Å². The summed E-state index contributed by atoms with van der Waals surface area (Å²) in [5, 5.41) is 0. The Kier molecular flexibility index (Phi) is 5.13. The number of nitrogens with zero attached hydrogens (tertiary/aromatic N) is 3. The Hall–Kier alpha value is -1.25. The van der Waals surface area contributed by atoms with Gasteiger partial charge in [0.05, 0.1) is 6.04 Å². The fourth-order valence-electron chi connectivity index (χ4n) is 2.60. The van der Waals surface area contributed by atoms with Crippen molar-refractivity contribution in [2.45, 2.75) is 51.1 Å². The molecule has 0 spiro atoms. The minimum Gasteiger partial charge on any atom is -0.384 e. The van der Waals surface area contributed by atoms with Gasteiger partial charge in [0.25, 0.3) is 10.2 Å². The van der Waals surface area contributed by atoms with Crippen molar-refractivity contribution in [3.05, 3.63) is 18.1 Å². The van der Waals surface area contributed by atoms with E-state index in [0.29, 0.717) is 11.6 Å². The van der Waals surface area contributed by atoms with Crippen LogP contribution in [0.3, 0.4) is 0 Å². The zero-order chi connectivity index (χ0) is 15.5. The molecule has 118 valence electrons. The summed E-state index contributed by atoms with van der Waals surface area (Å²) in [5.41, 5.74) is 5.60. The molecule has 0 radical (unpaired) electrons. The fourth-order valence-corrected chi connectivity index (χ4v) is 3.92. The summed E-state index contributed by atoms with van der Waals surface area (Å²) in [7, 11) is -1.93. The van der Waals surface area contributed by atoms with E-state index in [0.717, 1.165) is 25.7 Å². The van der Waals surface area contributed by atoms with Crippen molar-refractivity contribution < 1.29 is 8.42 Å². The van der Waals surface area contributed by atoms with E-state index in [-0.39, 0.29) is 6.04 Å². The minimum atomic E-state index is -3.56. The van der Waals surface area contributed by atoms with E-state index in [1.165, 1.54) is 16.9 Å². The van der Waals surface area contributed by atoms with Crippen LogP contribution in [0.15, 0.2) is 12.3 Å². The molecule has 0 saturated heterocycles. The summed E-state index contributed by atoms with van der Waals surface area (Å²) < 4.78 is 28.9. The van der Waals surface area contributed by atoms with Crippen LogP contribution >= 0.6 is 0 Å². The van der Waals surface area contributed by atoms with Crippen molar-refractivity contribution in [3.63, 3.8) is 0 Å². The van der Waals surface area contributed by atoms with Crippen molar-refractivity contribution in [2.75, 3.05) is 12.8 Å². The first-order valence-corrected chi connectivity index (χ1v) is 8.68. The van der Waals surface area contributed by atoms with Gasteiger partial charge in [-0.25, -0.2) is 9.97 Å². The standard InChI is InChI=1S/C13H23N5O2S/c1-10(13-15-9-8-12(14)16-13)17-21(19,20)18(2)11-6-4-3-5-7-11/h8-11,17H,3-7H2,1-2H3,(H2,14,15,16)/t10-/m0/s1. The van der Waals surface area contributed by atoms with Crippen LogP contribution in [0.5, 0.6) is 0 Å². The molecule has 1 aromatic rings. The highest BCUT2D eigenvalue weighted by molar-refractivity contribution is 7.87. The van der Waals surface area contributed by atoms with Crippen molar-refractivity contribution >= 4 is 16.0 Å². The molecule has 0 unspecified atom stereocenters. The van der Waals surface area contributed by atoms with Gasteiger partial charge in [-0.15, -0.1) is 0 Å². The Morgan fingerprint density at radius 1 is 1.38 bits per heavy atom. The molecular weight excluding hydrogens is 290 g/mol. The lowest BCUT2D eigenvalue weighted by atomic mass is 9.96. The normalized spacial score (nSPS) is 18.8. The van der Waals surface area contributed by atoms with Gasteiger partial charge in [0.2, 0.25) is 0 Å². The van der Waals surface area contributed by atoms with Gasteiger partial charge in [-0.2, -0.15) is 17.4 Å². The highest BCUT2D eigenvalue weighted by Crippen LogP contribution is 2.23. The van der Waals surface area contributed by atoms with Gasteiger partial charge >= 0.3 is 0 Å². The van der Waals surface area contributed by atoms with E-state index in [1.54, 1.807) is 20.0 Å². The SMILES string of the molecule is C[C@H](NS(=O)(=O)N(C)C1CCCCC1)c1nccc(N)n1. The van der Waals surface area contributed by atoms with Crippen LogP contribution in [-0.4, -0.2) is 35.8 Å². The summed E-state index contributed by atoms with van der Waals surface area (Å²) >= 11 is 0. The molecule has 0 bridgehead atoms. The van der Waals surface area contributed by atoms with Gasteiger partial charge in [0, 0.05) is 19.3 Å². The van der Waals surface area contributed by atoms with Crippen LogP contribution in [-0.2, 0) is 10.2 Å². The molecule has 0 aromatic carbocycles. The molecule has 1 atom stereocenters. The Morgan fingerprint density at radius 2 is 2.05 bits per heavy atom. The second-order valence-corrected chi connectivity index (χ2v) is 7.25. The van der Waals surface area contributed by atoms with E-state index < -0.39 is 16.3 Å². The minimum absolute atomic E-state index is 0.0743. The molecule has 21 heavy (non-hydrogen) atoms. The Balaban J connectivity index is 2.05. The fraction of sp³-hybridized carbons (Fsp3) is 0.692. The maximum atomic E-state index is 12.4. The molecule has 3 N–H and O–H groups in total. The molecule has 7 nitrogen and oxygen atoms in total. The van der Waals surface area contributed by atoms with Crippen LogP contribution in [0.1, 0.15) is 50.9 Å². The highest BCUT2D eigenvalue weighted by atomic mass is 32.2. The number of nitrogens with one attached hydrogen (secondary N) is 1. The van der Waals surface area contributed by atoms with Gasteiger partial charge in [0.1, 0.15) is 11.6 Å². The summed E-state index contributed by atoms with van der Waals surface area (Å²) in [6, 6.07) is 1.12. The monoisotopic (exact) mass is 313 g/mol. The van der Waals surface area contributed by atoms with Gasteiger partial charge in [-0.05, 0) is 25.8 Å². The van der Waals surface area contributed by atoms with Crippen molar-refractivity contribution in [1.82, 2.24) is 19.0 Å². The number of hydrogen-bond donors (Lipinski definition) is 2. The van der Waals surface area contributed by atoms with E-state index in [9.17, 15) is 8.42 Å². The first-order valence-electron chi connectivity index (χ1n) is 7.24. The van der Waals surface area contributed by atoms with E-state index in [1.807, 2.05) is 0 Å². The van der Waals surface area contributed by atoms with E-state index in [2.05, 4.69) is 14.7 Å². The average molecular weight is 313 g/mol. The first kappa shape index (κ1) is 16.1. The Morgan fingerprint density at radius 3 is 2.67 bits per heavy atom. The van der Waals surface area contributed by atoms with Crippen molar-refractivity contribution in [1.29, 1.82) is 0 Å². The van der Waals surface area contributed by atoms with Gasteiger partial charge in [-0.1, -0.05) is 19.3 Å². The highest BCUT2D eigenvalue weighted by Gasteiger charge is 2.29. The summed E-state index contributed by atoms with van der Waals surface area (Å²) in [6.07, 6.45) is 6.70. The lowest BCUT2D eigenvalue weighted by molar-refractivity contribution is 0.281. The zero-order valence-electron chi connectivity index (χ0n) is 12.5. The lowest BCUT2D eigenvalue weighted by Crippen LogP contribution is -2.45. The first-order chi connectivity index (χ1) is 9.90. The third kappa shape index (κ3) is 4.12. The average Bonchev–Trinajstić information content (AvgIpc) is 2.47. The molecule has 1 aromatic heterocycles. The molecular formula is C13H23N5O2S. The third-order valence-electron chi connectivity index (χ3n) is 3.88. The summed E-state index contributed by atoms with van der Waals surface area (Å²) in [5.74, 6) is 0.697. The topological polar surface area (TPSA) is 101 Å². The maximum absolute atomic E-state index is 12.4. The Bertz CT molecular complexity index is 572. The largest absolute Gasteiger partial charge is 0.384 e. The van der Waals surface area contributed by atoms with Crippen LogP contribution in [0.4, 0.5) is 5.82 Å². The predicted octanol–water partition coefficient (Wildman–Crippen LogP) is 1.22.